The maximum Gasteiger partial charge on any atom is 0.0568 e. The van der Waals surface area contributed by atoms with Crippen molar-refractivity contribution in [1.29, 1.82) is 0 Å². The first-order valence-electron chi connectivity index (χ1n) is 4.82. The molecular formula is C12H13ClS. The maximum absolute atomic E-state index is 5.82. The predicted octanol–water partition coefficient (Wildman–Crippen LogP) is 4.51. The average Bonchev–Trinajstić information content (AvgIpc) is 2.58. The van der Waals surface area contributed by atoms with Gasteiger partial charge in [-0.15, -0.1) is 22.9 Å². The van der Waals surface area contributed by atoms with Crippen molar-refractivity contribution >= 4 is 33.0 Å². The van der Waals surface area contributed by atoms with E-state index in [0.717, 1.165) is 6.42 Å². The van der Waals surface area contributed by atoms with Crippen LogP contribution in [0, 0.1) is 6.92 Å². The Bertz CT molecular complexity index is 457. The van der Waals surface area contributed by atoms with E-state index >= 15 is 0 Å². The molecule has 0 aliphatic carbocycles. The SMILES string of the molecule is CCc1cc2cc(CCl)sc2cc1C. The Kier molecular flexibility index (Phi) is 2.80. The van der Waals surface area contributed by atoms with Gasteiger partial charge < -0.3 is 0 Å². The van der Waals surface area contributed by atoms with E-state index in [4.69, 9.17) is 11.6 Å². The molecule has 0 fully saturated rings. The number of hydrogen-bond donors (Lipinski definition) is 0. The molecule has 2 rings (SSSR count). The van der Waals surface area contributed by atoms with Crippen molar-refractivity contribution in [3.63, 3.8) is 0 Å². The number of hydrogen-bond acceptors (Lipinski definition) is 1. The summed E-state index contributed by atoms with van der Waals surface area (Å²) in [6.07, 6.45) is 1.10. The van der Waals surface area contributed by atoms with Crippen LogP contribution in [0.25, 0.3) is 10.1 Å². The van der Waals surface area contributed by atoms with Gasteiger partial charge in [-0.2, -0.15) is 0 Å². The van der Waals surface area contributed by atoms with Crippen LogP contribution in [0.1, 0.15) is 22.9 Å². The predicted molar refractivity (Wildman–Crippen MR) is 65.5 cm³/mol. The second-order valence-corrected chi connectivity index (χ2v) is 4.95. The molecule has 1 heterocycles. The maximum atomic E-state index is 5.82. The molecule has 0 radical (unpaired) electrons. The van der Waals surface area contributed by atoms with Gasteiger partial charge in [-0.3, -0.25) is 0 Å². The van der Waals surface area contributed by atoms with Crippen LogP contribution in [0.4, 0.5) is 0 Å². The lowest BCUT2D eigenvalue weighted by Crippen LogP contribution is -1.84. The molecule has 2 aromatic rings. The lowest BCUT2D eigenvalue weighted by molar-refractivity contribution is 1.12. The molecule has 1 aromatic heterocycles. The quantitative estimate of drug-likeness (QED) is 0.659. The lowest BCUT2D eigenvalue weighted by atomic mass is 10.0. The average molecular weight is 225 g/mol. The van der Waals surface area contributed by atoms with Gasteiger partial charge >= 0.3 is 0 Å². The van der Waals surface area contributed by atoms with E-state index in [1.54, 1.807) is 11.3 Å². The van der Waals surface area contributed by atoms with Crippen LogP contribution in [-0.4, -0.2) is 0 Å². The summed E-state index contributed by atoms with van der Waals surface area (Å²) in [5, 5.41) is 1.34. The van der Waals surface area contributed by atoms with E-state index in [2.05, 4.69) is 32.0 Å². The third kappa shape index (κ3) is 1.67. The van der Waals surface area contributed by atoms with Crippen molar-refractivity contribution in [2.45, 2.75) is 26.1 Å². The molecule has 0 bridgehead atoms. The first kappa shape index (κ1) is 10.0. The zero-order chi connectivity index (χ0) is 10.1. The Morgan fingerprint density at radius 2 is 2.07 bits per heavy atom. The fourth-order valence-electron chi connectivity index (χ4n) is 1.74. The Labute approximate surface area is 93.5 Å². The van der Waals surface area contributed by atoms with E-state index in [0.29, 0.717) is 5.88 Å². The molecule has 0 aliphatic heterocycles. The fourth-order valence-corrected chi connectivity index (χ4v) is 2.97. The Morgan fingerprint density at radius 1 is 1.29 bits per heavy atom. The summed E-state index contributed by atoms with van der Waals surface area (Å²) in [7, 11) is 0. The zero-order valence-corrected chi connectivity index (χ0v) is 10.0. The van der Waals surface area contributed by atoms with Gasteiger partial charge in [0.1, 0.15) is 0 Å². The number of benzene rings is 1. The normalized spacial score (nSPS) is 11.1. The summed E-state index contributed by atoms with van der Waals surface area (Å²) in [6.45, 7) is 4.38. The lowest BCUT2D eigenvalue weighted by Gasteiger charge is -2.01. The van der Waals surface area contributed by atoms with E-state index in [1.165, 1.54) is 26.1 Å². The number of alkyl halides is 1. The second kappa shape index (κ2) is 3.92. The van der Waals surface area contributed by atoms with Gasteiger partial charge in [0.25, 0.3) is 0 Å². The number of aryl methyl sites for hydroxylation is 2. The summed E-state index contributed by atoms with van der Waals surface area (Å²) in [5.74, 6) is 0.625. The van der Waals surface area contributed by atoms with Gasteiger partial charge in [-0.1, -0.05) is 13.0 Å². The zero-order valence-electron chi connectivity index (χ0n) is 8.43. The van der Waals surface area contributed by atoms with Gasteiger partial charge in [-0.05, 0) is 42.0 Å². The molecule has 0 spiro atoms. The molecule has 0 atom stereocenters. The van der Waals surface area contributed by atoms with Crippen LogP contribution in [0.5, 0.6) is 0 Å². The first-order valence-corrected chi connectivity index (χ1v) is 6.17. The molecular weight excluding hydrogens is 212 g/mol. The summed E-state index contributed by atoms with van der Waals surface area (Å²) in [6, 6.07) is 6.76. The Balaban J connectivity index is 2.64. The molecule has 0 saturated heterocycles. The molecule has 1 aromatic carbocycles. The summed E-state index contributed by atoms with van der Waals surface area (Å²) in [4.78, 5) is 1.26. The highest BCUT2D eigenvalue weighted by atomic mass is 35.5. The number of halogens is 1. The monoisotopic (exact) mass is 224 g/mol. The molecule has 14 heavy (non-hydrogen) atoms. The van der Waals surface area contributed by atoms with Crippen molar-refractivity contribution in [2.24, 2.45) is 0 Å². The van der Waals surface area contributed by atoms with Crippen LogP contribution < -0.4 is 0 Å². The third-order valence-electron chi connectivity index (χ3n) is 2.54. The summed E-state index contributed by atoms with van der Waals surface area (Å²) in [5.41, 5.74) is 2.83. The van der Waals surface area contributed by atoms with Crippen LogP contribution in [0.2, 0.25) is 0 Å². The highest BCUT2D eigenvalue weighted by molar-refractivity contribution is 7.19. The largest absolute Gasteiger partial charge is 0.139 e. The molecule has 0 amide bonds. The molecule has 0 saturated carbocycles. The Hall–Kier alpha value is -0.530. The smallest absolute Gasteiger partial charge is 0.0568 e. The van der Waals surface area contributed by atoms with Gasteiger partial charge in [0.05, 0.1) is 5.88 Å². The van der Waals surface area contributed by atoms with Crippen LogP contribution in [0.15, 0.2) is 18.2 Å². The van der Waals surface area contributed by atoms with Gasteiger partial charge in [0, 0.05) is 9.58 Å². The molecule has 0 N–H and O–H groups in total. The van der Waals surface area contributed by atoms with Gasteiger partial charge in [0.15, 0.2) is 0 Å². The number of thiophene rings is 1. The minimum atomic E-state index is 0.625. The van der Waals surface area contributed by atoms with E-state index in [-0.39, 0.29) is 0 Å². The molecule has 0 unspecified atom stereocenters. The van der Waals surface area contributed by atoms with Crippen LogP contribution >= 0.6 is 22.9 Å². The van der Waals surface area contributed by atoms with Gasteiger partial charge in [0.2, 0.25) is 0 Å². The van der Waals surface area contributed by atoms with E-state index in [1.807, 2.05) is 0 Å². The number of rotatable bonds is 2. The van der Waals surface area contributed by atoms with Crippen molar-refractivity contribution in [2.75, 3.05) is 0 Å². The summed E-state index contributed by atoms with van der Waals surface area (Å²) < 4.78 is 1.36. The van der Waals surface area contributed by atoms with Crippen molar-refractivity contribution < 1.29 is 0 Å². The van der Waals surface area contributed by atoms with E-state index in [9.17, 15) is 0 Å². The molecule has 74 valence electrons. The topological polar surface area (TPSA) is 0 Å². The first-order chi connectivity index (χ1) is 6.74. The summed E-state index contributed by atoms with van der Waals surface area (Å²) >= 11 is 7.62. The van der Waals surface area contributed by atoms with Gasteiger partial charge in [-0.25, -0.2) is 0 Å². The van der Waals surface area contributed by atoms with Crippen molar-refractivity contribution in [1.82, 2.24) is 0 Å². The van der Waals surface area contributed by atoms with Crippen LogP contribution in [0.3, 0.4) is 0 Å². The molecule has 0 aliphatic rings. The standard InChI is InChI=1S/C12H13ClS/c1-3-9-5-10-6-11(7-13)14-12(10)4-8(9)2/h4-6H,3,7H2,1-2H3. The second-order valence-electron chi connectivity index (χ2n) is 3.52. The fraction of sp³-hybridized carbons (Fsp3) is 0.333. The Morgan fingerprint density at radius 3 is 2.71 bits per heavy atom. The molecule has 0 nitrogen and oxygen atoms in total. The van der Waals surface area contributed by atoms with Crippen molar-refractivity contribution in [3.05, 3.63) is 34.2 Å². The highest BCUT2D eigenvalue weighted by Crippen LogP contribution is 2.29. The third-order valence-corrected chi connectivity index (χ3v) is 4.08. The van der Waals surface area contributed by atoms with Crippen LogP contribution in [-0.2, 0) is 12.3 Å². The molecule has 2 heteroatoms. The minimum Gasteiger partial charge on any atom is -0.139 e. The van der Waals surface area contributed by atoms with E-state index < -0.39 is 0 Å². The van der Waals surface area contributed by atoms with Crippen molar-refractivity contribution in [3.8, 4) is 0 Å². The number of fused-ring (bicyclic) bond motifs is 1. The minimum absolute atomic E-state index is 0.625. The highest BCUT2D eigenvalue weighted by Gasteiger charge is 2.04.